The molecule has 0 saturated carbocycles. The number of quaternary nitrogens is 1. The number of carbonyl (C=O) groups excluding carboxylic acids is 1. The topological polar surface area (TPSA) is 42.8 Å². The number of rotatable bonds is 7. The molecule has 0 bridgehead atoms. The third-order valence-corrected chi connectivity index (χ3v) is 4.40. The van der Waals surface area contributed by atoms with Gasteiger partial charge in [0.1, 0.15) is 5.75 Å². The largest absolute Gasteiger partial charge is 0.497 e. The molecule has 0 aliphatic rings. The molecule has 2 N–H and O–H groups in total. The Morgan fingerprint density at radius 3 is 2.46 bits per heavy atom. The van der Waals surface area contributed by atoms with Crippen LogP contribution in [0.5, 0.6) is 5.75 Å². The minimum atomic E-state index is -0.0550. The molecule has 2 aromatic rings. The average Bonchev–Trinajstić information content (AvgIpc) is 2.56. The van der Waals surface area contributed by atoms with Crippen LogP contribution in [0.2, 0.25) is 10.0 Å². The van der Waals surface area contributed by atoms with E-state index < -0.39 is 0 Å². The second-order valence-corrected chi connectivity index (χ2v) is 6.47. The molecule has 0 radical (unpaired) electrons. The fraction of sp³-hybridized carbons (Fsp3) is 0.278. The van der Waals surface area contributed by atoms with Gasteiger partial charge < -0.3 is 15.0 Å². The number of methoxy groups -OCH3 is 1. The lowest BCUT2D eigenvalue weighted by atomic mass is 10.1. The molecule has 0 fully saturated rings. The number of nitrogens with one attached hydrogen (secondary N) is 2. The Labute approximate surface area is 152 Å². The molecule has 1 atom stereocenters. The van der Waals surface area contributed by atoms with Crippen molar-refractivity contribution in [3.05, 3.63) is 58.1 Å². The van der Waals surface area contributed by atoms with Crippen molar-refractivity contribution in [2.75, 3.05) is 32.6 Å². The van der Waals surface area contributed by atoms with Crippen molar-refractivity contribution >= 4 is 34.8 Å². The van der Waals surface area contributed by atoms with Crippen LogP contribution in [0.15, 0.2) is 42.5 Å². The van der Waals surface area contributed by atoms with Gasteiger partial charge in [-0.05, 0) is 35.9 Å². The van der Waals surface area contributed by atoms with Crippen molar-refractivity contribution in [1.82, 2.24) is 0 Å². The van der Waals surface area contributed by atoms with Gasteiger partial charge >= 0.3 is 0 Å². The minimum Gasteiger partial charge on any atom is -0.497 e. The van der Waals surface area contributed by atoms with Gasteiger partial charge in [0, 0.05) is 12.1 Å². The maximum atomic E-state index is 12.1. The minimum absolute atomic E-state index is 0.0550. The van der Waals surface area contributed by atoms with E-state index in [1.807, 2.05) is 31.3 Å². The lowest BCUT2D eigenvalue weighted by Crippen LogP contribution is -3.10. The van der Waals surface area contributed by atoms with E-state index in [1.54, 1.807) is 25.3 Å². The highest BCUT2D eigenvalue weighted by molar-refractivity contribution is 6.42. The monoisotopic (exact) mass is 367 g/mol. The van der Waals surface area contributed by atoms with E-state index in [0.717, 1.165) is 23.6 Å². The summed E-state index contributed by atoms with van der Waals surface area (Å²) in [7, 11) is 3.65. The molecule has 2 aromatic carbocycles. The second kappa shape index (κ2) is 8.92. The standard InChI is InChI=1S/C18H20Cl2N2O2/c1-22(10-9-13-3-6-15(24-2)7-4-13)12-18(23)21-14-5-8-16(19)17(20)11-14/h3-8,11H,9-10,12H2,1-2H3,(H,21,23)/p+1. The Morgan fingerprint density at radius 1 is 1.12 bits per heavy atom. The molecule has 24 heavy (non-hydrogen) atoms. The number of anilines is 1. The summed E-state index contributed by atoms with van der Waals surface area (Å²) in [4.78, 5) is 13.2. The molecule has 128 valence electrons. The van der Waals surface area contributed by atoms with E-state index >= 15 is 0 Å². The van der Waals surface area contributed by atoms with Crippen LogP contribution in [0.1, 0.15) is 5.56 Å². The van der Waals surface area contributed by atoms with E-state index in [4.69, 9.17) is 27.9 Å². The highest BCUT2D eigenvalue weighted by atomic mass is 35.5. The molecule has 2 rings (SSSR count). The first-order chi connectivity index (χ1) is 11.5. The first-order valence-corrected chi connectivity index (χ1v) is 8.42. The fourth-order valence-electron chi connectivity index (χ4n) is 2.29. The Kier molecular flexibility index (Phi) is 6.91. The molecule has 0 saturated heterocycles. The number of ether oxygens (including phenoxy) is 1. The number of halogens is 2. The SMILES string of the molecule is COc1ccc(CC[NH+](C)CC(=O)Nc2ccc(Cl)c(Cl)c2)cc1. The van der Waals surface area contributed by atoms with E-state index in [-0.39, 0.29) is 5.91 Å². The first-order valence-electron chi connectivity index (χ1n) is 7.67. The summed E-state index contributed by atoms with van der Waals surface area (Å²) in [6, 6.07) is 13.0. The Morgan fingerprint density at radius 2 is 1.83 bits per heavy atom. The van der Waals surface area contributed by atoms with Crippen LogP contribution in [0.3, 0.4) is 0 Å². The van der Waals surface area contributed by atoms with E-state index in [1.165, 1.54) is 5.56 Å². The van der Waals surface area contributed by atoms with Crippen molar-refractivity contribution < 1.29 is 14.4 Å². The maximum Gasteiger partial charge on any atom is 0.279 e. The smallest absolute Gasteiger partial charge is 0.279 e. The average molecular weight is 368 g/mol. The summed E-state index contributed by atoms with van der Waals surface area (Å²) in [5.41, 5.74) is 1.87. The molecule has 0 aliphatic carbocycles. The van der Waals surface area contributed by atoms with Crippen LogP contribution in [-0.2, 0) is 11.2 Å². The zero-order chi connectivity index (χ0) is 17.5. The van der Waals surface area contributed by atoms with Gasteiger partial charge in [-0.15, -0.1) is 0 Å². The number of amides is 1. The van der Waals surface area contributed by atoms with Crippen LogP contribution < -0.4 is 15.0 Å². The van der Waals surface area contributed by atoms with Crippen molar-refractivity contribution in [2.45, 2.75) is 6.42 Å². The van der Waals surface area contributed by atoms with Crippen LogP contribution in [0.25, 0.3) is 0 Å². The lowest BCUT2D eigenvalue weighted by Gasteiger charge is -2.14. The van der Waals surface area contributed by atoms with Gasteiger partial charge in [-0.1, -0.05) is 35.3 Å². The number of hydrogen-bond donors (Lipinski definition) is 2. The molecule has 0 aromatic heterocycles. The number of benzene rings is 2. The predicted molar refractivity (Wildman–Crippen MR) is 98.4 cm³/mol. The predicted octanol–water partition coefficient (Wildman–Crippen LogP) is 2.70. The van der Waals surface area contributed by atoms with Crippen LogP contribution >= 0.6 is 23.2 Å². The van der Waals surface area contributed by atoms with E-state index in [9.17, 15) is 4.79 Å². The molecule has 4 nitrogen and oxygen atoms in total. The fourth-order valence-corrected chi connectivity index (χ4v) is 2.59. The van der Waals surface area contributed by atoms with Gasteiger partial charge in [0.05, 0.1) is 30.7 Å². The number of carbonyl (C=O) groups is 1. The van der Waals surface area contributed by atoms with Crippen molar-refractivity contribution in [3.8, 4) is 5.75 Å². The zero-order valence-electron chi connectivity index (χ0n) is 13.7. The second-order valence-electron chi connectivity index (χ2n) is 5.66. The first kappa shape index (κ1) is 18.6. The zero-order valence-corrected chi connectivity index (χ0v) is 15.2. The van der Waals surface area contributed by atoms with E-state index in [2.05, 4.69) is 5.32 Å². The number of hydrogen-bond acceptors (Lipinski definition) is 2. The summed E-state index contributed by atoms with van der Waals surface area (Å²) in [6.07, 6.45) is 0.899. The van der Waals surface area contributed by atoms with Gasteiger partial charge in [-0.3, -0.25) is 4.79 Å². The third-order valence-electron chi connectivity index (χ3n) is 3.67. The van der Waals surface area contributed by atoms with Gasteiger partial charge in [0.25, 0.3) is 5.91 Å². The Balaban J connectivity index is 1.79. The highest BCUT2D eigenvalue weighted by Gasteiger charge is 2.11. The molecular formula is C18H21Cl2N2O2+. The maximum absolute atomic E-state index is 12.1. The van der Waals surface area contributed by atoms with Gasteiger partial charge in [-0.25, -0.2) is 0 Å². The lowest BCUT2D eigenvalue weighted by molar-refractivity contribution is -0.870. The number of likely N-dealkylation sites (N-methyl/N-ethyl adjacent to an activating group) is 1. The third kappa shape index (κ3) is 5.71. The molecule has 6 heteroatoms. The normalized spacial score (nSPS) is 11.8. The Hall–Kier alpha value is -1.75. The van der Waals surface area contributed by atoms with Gasteiger partial charge in [0.15, 0.2) is 6.54 Å². The van der Waals surface area contributed by atoms with Gasteiger partial charge in [0.2, 0.25) is 0 Å². The molecule has 1 unspecified atom stereocenters. The quantitative estimate of drug-likeness (QED) is 0.789. The van der Waals surface area contributed by atoms with Crippen LogP contribution in [-0.4, -0.2) is 33.2 Å². The van der Waals surface area contributed by atoms with Crippen molar-refractivity contribution in [1.29, 1.82) is 0 Å². The van der Waals surface area contributed by atoms with Crippen LogP contribution in [0, 0.1) is 0 Å². The van der Waals surface area contributed by atoms with Crippen LogP contribution in [0.4, 0.5) is 5.69 Å². The molecule has 0 spiro atoms. The summed E-state index contributed by atoms with van der Waals surface area (Å²) >= 11 is 11.8. The van der Waals surface area contributed by atoms with Crippen molar-refractivity contribution in [2.24, 2.45) is 0 Å². The van der Waals surface area contributed by atoms with E-state index in [0.29, 0.717) is 22.3 Å². The molecular weight excluding hydrogens is 347 g/mol. The summed E-state index contributed by atoms with van der Waals surface area (Å²) in [5.74, 6) is 0.793. The van der Waals surface area contributed by atoms with Crippen molar-refractivity contribution in [3.63, 3.8) is 0 Å². The summed E-state index contributed by atoms with van der Waals surface area (Å²) in [6.45, 7) is 1.25. The summed E-state index contributed by atoms with van der Waals surface area (Å²) < 4.78 is 5.14. The molecule has 0 heterocycles. The molecule has 1 amide bonds. The van der Waals surface area contributed by atoms with Gasteiger partial charge in [-0.2, -0.15) is 0 Å². The highest BCUT2D eigenvalue weighted by Crippen LogP contribution is 2.24. The summed E-state index contributed by atoms with van der Waals surface area (Å²) in [5, 5.41) is 3.73. The molecule has 0 aliphatic heterocycles. The Bertz CT molecular complexity index is 690.